The van der Waals surface area contributed by atoms with Gasteiger partial charge in [0, 0.05) is 18.7 Å². The second-order valence-electron chi connectivity index (χ2n) is 9.34. The third-order valence-electron chi connectivity index (χ3n) is 6.98. The first-order chi connectivity index (χ1) is 13.6. The van der Waals surface area contributed by atoms with E-state index in [1.165, 1.54) is 61.6 Å². The summed E-state index contributed by atoms with van der Waals surface area (Å²) in [5.41, 5.74) is 0.0791. The molecule has 4 bridgehead atoms. The fourth-order valence-corrected chi connectivity index (χ4v) is 8.07. The highest BCUT2D eigenvalue weighted by Gasteiger charge is 2.51. The predicted octanol–water partition coefficient (Wildman–Crippen LogP) is 3.69. The van der Waals surface area contributed by atoms with Crippen LogP contribution in [-0.2, 0) is 9.53 Å². The highest BCUT2D eigenvalue weighted by atomic mass is 32.2. The van der Waals surface area contributed by atoms with E-state index in [2.05, 4.69) is 20.8 Å². The number of anilines is 1. The van der Waals surface area contributed by atoms with E-state index in [0.717, 1.165) is 53.2 Å². The lowest BCUT2D eigenvalue weighted by Crippen LogP contribution is -2.60. The van der Waals surface area contributed by atoms with E-state index >= 15 is 0 Å². The smallest absolute Gasteiger partial charge is 0.233 e. The van der Waals surface area contributed by atoms with Crippen molar-refractivity contribution in [1.82, 2.24) is 15.5 Å². The first kappa shape index (κ1) is 19.1. The quantitative estimate of drug-likeness (QED) is 0.653. The number of rotatable bonds is 7. The van der Waals surface area contributed by atoms with Crippen LogP contribution in [0.4, 0.5) is 5.13 Å². The topological polar surface area (TPSA) is 76.1 Å². The molecular formula is C20H30N4O2S2. The van der Waals surface area contributed by atoms with Crippen LogP contribution >= 0.6 is 23.1 Å². The minimum absolute atomic E-state index is 0.0791. The molecule has 4 aliphatic carbocycles. The Labute approximate surface area is 175 Å². The molecular weight excluding hydrogens is 392 g/mol. The van der Waals surface area contributed by atoms with Gasteiger partial charge in [-0.1, -0.05) is 23.1 Å². The fraction of sp³-hybridized carbons (Fsp3) is 0.850. The second kappa shape index (κ2) is 7.76. The molecule has 1 aliphatic heterocycles. The average molecular weight is 423 g/mol. The van der Waals surface area contributed by atoms with Crippen LogP contribution in [0.2, 0.25) is 0 Å². The highest BCUT2D eigenvalue weighted by Crippen LogP contribution is 2.55. The Morgan fingerprint density at radius 3 is 2.61 bits per heavy atom. The molecule has 1 aromatic heterocycles. The first-order valence-corrected chi connectivity index (χ1v) is 12.4. The molecule has 154 valence electrons. The summed E-state index contributed by atoms with van der Waals surface area (Å²) >= 11 is 3.05. The molecule has 2 atom stereocenters. The number of thioether (sulfide) groups is 1. The zero-order valence-corrected chi connectivity index (χ0v) is 18.1. The van der Waals surface area contributed by atoms with Gasteiger partial charge in [-0.2, -0.15) is 0 Å². The highest BCUT2D eigenvalue weighted by molar-refractivity contribution is 8.02. The monoisotopic (exact) mass is 422 g/mol. The Balaban J connectivity index is 1.13. The molecule has 5 aliphatic rings. The van der Waals surface area contributed by atoms with Gasteiger partial charge in [0.2, 0.25) is 11.0 Å². The molecule has 28 heavy (non-hydrogen) atoms. The molecule has 1 amide bonds. The molecule has 2 unspecified atom stereocenters. The third kappa shape index (κ3) is 4.05. The van der Waals surface area contributed by atoms with Gasteiger partial charge < -0.3 is 15.4 Å². The standard InChI is InChI=1S/C20H30N4O2S2/c1-12(27-19-24-23-18(28-19)21-11-16-3-2-4-26-16)17(25)22-20-8-13-5-14(9-20)7-15(6-13)10-20/h12-16H,2-11H2,1H3,(H,21,23)(H,22,25). The van der Waals surface area contributed by atoms with Crippen LogP contribution < -0.4 is 10.6 Å². The maximum absolute atomic E-state index is 12.9. The van der Waals surface area contributed by atoms with Gasteiger partial charge >= 0.3 is 0 Å². The van der Waals surface area contributed by atoms with Gasteiger partial charge in [-0.15, -0.1) is 10.2 Å². The third-order valence-corrected chi connectivity index (χ3v) is 9.05. The molecule has 1 aromatic rings. The Bertz CT molecular complexity index is 684. The molecule has 1 saturated heterocycles. The SMILES string of the molecule is CC(Sc1nnc(NCC2CCCO2)s1)C(=O)NC12CC3CC(CC(C3)C1)C2. The minimum atomic E-state index is -0.146. The molecule has 8 heteroatoms. The molecule has 6 nitrogen and oxygen atoms in total. The van der Waals surface area contributed by atoms with Crippen molar-refractivity contribution >= 4 is 34.1 Å². The number of nitrogens with one attached hydrogen (secondary N) is 2. The van der Waals surface area contributed by atoms with Gasteiger partial charge in [-0.3, -0.25) is 4.79 Å². The molecule has 2 heterocycles. The molecule has 2 N–H and O–H groups in total. The lowest BCUT2D eigenvalue weighted by atomic mass is 9.53. The molecule has 4 saturated carbocycles. The van der Waals surface area contributed by atoms with Crippen molar-refractivity contribution < 1.29 is 9.53 Å². The molecule has 0 spiro atoms. The van der Waals surface area contributed by atoms with Crippen molar-refractivity contribution in [3.63, 3.8) is 0 Å². The fourth-order valence-electron chi connectivity index (χ4n) is 6.17. The molecule has 0 aromatic carbocycles. The Morgan fingerprint density at radius 2 is 1.96 bits per heavy atom. The summed E-state index contributed by atoms with van der Waals surface area (Å²) in [4.78, 5) is 12.9. The van der Waals surface area contributed by atoms with Crippen molar-refractivity contribution in [1.29, 1.82) is 0 Å². The van der Waals surface area contributed by atoms with Gasteiger partial charge in [-0.25, -0.2) is 0 Å². The van der Waals surface area contributed by atoms with Crippen LogP contribution in [0, 0.1) is 17.8 Å². The zero-order valence-electron chi connectivity index (χ0n) is 16.5. The van der Waals surface area contributed by atoms with Crippen LogP contribution in [0.1, 0.15) is 58.3 Å². The van der Waals surface area contributed by atoms with Gasteiger partial charge in [-0.05, 0) is 76.0 Å². The van der Waals surface area contributed by atoms with E-state index < -0.39 is 0 Å². The van der Waals surface area contributed by atoms with Crippen molar-refractivity contribution in [2.75, 3.05) is 18.5 Å². The van der Waals surface area contributed by atoms with Crippen molar-refractivity contribution in [3.05, 3.63) is 0 Å². The summed E-state index contributed by atoms with van der Waals surface area (Å²) in [6, 6.07) is 0. The van der Waals surface area contributed by atoms with Crippen LogP contribution in [0.15, 0.2) is 4.34 Å². The van der Waals surface area contributed by atoms with Crippen LogP contribution in [0.5, 0.6) is 0 Å². The summed E-state index contributed by atoms with van der Waals surface area (Å²) in [7, 11) is 0. The van der Waals surface area contributed by atoms with Crippen molar-refractivity contribution in [2.45, 2.75) is 79.5 Å². The van der Waals surface area contributed by atoms with Crippen LogP contribution in [0.3, 0.4) is 0 Å². The van der Waals surface area contributed by atoms with E-state index in [4.69, 9.17) is 4.74 Å². The summed E-state index contributed by atoms with van der Waals surface area (Å²) < 4.78 is 6.48. The second-order valence-corrected chi connectivity index (χ2v) is 11.9. The van der Waals surface area contributed by atoms with Crippen LogP contribution in [0.25, 0.3) is 0 Å². The number of ether oxygens (including phenoxy) is 1. The maximum atomic E-state index is 12.9. The first-order valence-electron chi connectivity index (χ1n) is 10.7. The van der Waals surface area contributed by atoms with E-state index in [0.29, 0.717) is 0 Å². The minimum Gasteiger partial charge on any atom is -0.376 e. The van der Waals surface area contributed by atoms with Gasteiger partial charge in [0.15, 0.2) is 4.34 Å². The number of aromatic nitrogens is 2. The summed E-state index contributed by atoms with van der Waals surface area (Å²) in [5.74, 6) is 2.69. The molecule has 6 rings (SSSR count). The van der Waals surface area contributed by atoms with E-state index in [-0.39, 0.29) is 22.8 Å². The number of amides is 1. The Morgan fingerprint density at radius 1 is 1.25 bits per heavy atom. The number of hydrogen-bond donors (Lipinski definition) is 2. The summed E-state index contributed by atoms with van der Waals surface area (Å²) in [6.07, 6.45) is 10.3. The average Bonchev–Trinajstić information content (AvgIpc) is 3.30. The predicted molar refractivity (Wildman–Crippen MR) is 112 cm³/mol. The number of carbonyl (C=O) groups is 1. The lowest BCUT2D eigenvalue weighted by molar-refractivity contribution is -0.126. The van der Waals surface area contributed by atoms with Gasteiger partial charge in [0.05, 0.1) is 11.4 Å². The lowest BCUT2D eigenvalue weighted by Gasteiger charge is -2.57. The van der Waals surface area contributed by atoms with E-state index in [9.17, 15) is 4.79 Å². The van der Waals surface area contributed by atoms with Gasteiger partial charge in [0.25, 0.3) is 0 Å². The van der Waals surface area contributed by atoms with Crippen molar-refractivity contribution in [2.24, 2.45) is 17.8 Å². The van der Waals surface area contributed by atoms with Gasteiger partial charge in [0.1, 0.15) is 0 Å². The van der Waals surface area contributed by atoms with Crippen molar-refractivity contribution in [3.8, 4) is 0 Å². The molecule has 5 fully saturated rings. The Kier molecular flexibility index (Phi) is 5.30. The summed E-state index contributed by atoms with van der Waals surface area (Å²) in [6.45, 7) is 3.63. The maximum Gasteiger partial charge on any atom is 0.233 e. The largest absolute Gasteiger partial charge is 0.376 e. The Hall–Kier alpha value is -0.860. The molecule has 0 radical (unpaired) electrons. The summed E-state index contributed by atoms with van der Waals surface area (Å²) in [5, 5.41) is 15.9. The van der Waals surface area contributed by atoms with E-state index in [1.54, 1.807) is 0 Å². The number of nitrogens with zero attached hydrogens (tertiary/aromatic N) is 2. The zero-order chi connectivity index (χ0) is 19.1. The normalized spacial score (nSPS) is 37.2. The van der Waals surface area contributed by atoms with Crippen LogP contribution in [-0.4, -0.2) is 46.1 Å². The number of carbonyl (C=O) groups excluding carboxylic acids is 1. The number of hydrogen-bond acceptors (Lipinski definition) is 7. The van der Waals surface area contributed by atoms with E-state index in [1.807, 2.05) is 6.92 Å².